The van der Waals surface area contributed by atoms with Crippen molar-refractivity contribution in [2.75, 3.05) is 46.0 Å². The molecule has 0 fully saturated rings. The third kappa shape index (κ3) is 12.7. The molecule has 0 aromatic carbocycles. The van der Waals surface area contributed by atoms with E-state index in [1.807, 2.05) is 0 Å². The van der Waals surface area contributed by atoms with Gasteiger partial charge in [-0.1, -0.05) is 38.5 Å². The van der Waals surface area contributed by atoms with E-state index in [2.05, 4.69) is 0 Å². The lowest BCUT2D eigenvalue weighted by Crippen LogP contribution is -2.53. The Kier molecular flexibility index (Phi) is 15.4. The Hall–Kier alpha value is -0.690. The van der Waals surface area contributed by atoms with Gasteiger partial charge in [0.25, 0.3) is 0 Å². The number of carbonyl (C=O) groups excluding carboxylic acids is 1. The molecule has 0 amide bonds. The number of nitrogens with zero attached hydrogens (tertiary/aromatic N) is 1. The number of carboxylic acid groups (broad SMARTS) is 1. The molecule has 0 unspecified atom stereocenters. The summed E-state index contributed by atoms with van der Waals surface area (Å²) in [5.41, 5.74) is 0. The highest BCUT2D eigenvalue weighted by Gasteiger charge is 2.25. The Labute approximate surface area is 146 Å². The summed E-state index contributed by atoms with van der Waals surface area (Å²) < 4.78 is 0.599. The fourth-order valence-corrected chi connectivity index (χ4v) is 3.26. The third-order valence-electron chi connectivity index (χ3n) is 4.74. The van der Waals surface area contributed by atoms with Crippen LogP contribution in [0.1, 0.15) is 64.2 Å². The fraction of sp³-hybridized carbons (Fsp3) is 0.944. The van der Waals surface area contributed by atoms with Crippen molar-refractivity contribution in [2.24, 2.45) is 0 Å². The van der Waals surface area contributed by atoms with Crippen LogP contribution in [0.3, 0.4) is 0 Å². The van der Waals surface area contributed by atoms with Crippen molar-refractivity contribution in [3.05, 3.63) is 0 Å². The summed E-state index contributed by atoms with van der Waals surface area (Å²) in [4.78, 5) is 10.3. The minimum atomic E-state index is -0.951. The van der Waals surface area contributed by atoms with Crippen LogP contribution in [0.5, 0.6) is 0 Å². The van der Waals surface area contributed by atoms with Crippen molar-refractivity contribution >= 4 is 5.97 Å². The number of carboxylic acids is 1. The molecule has 3 N–H and O–H groups in total. The van der Waals surface area contributed by atoms with Crippen LogP contribution in [0.4, 0.5) is 0 Å². The van der Waals surface area contributed by atoms with Crippen LogP contribution in [0.15, 0.2) is 0 Å². The average molecular weight is 347 g/mol. The zero-order chi connectivity index (χ0) is 18.1. The second-order valence-corrected chi connectivity index (χ2v) is 6.71. The molecule has 0 spiro atoms. The molecule has 0 saturated carbocycles. The zero-order valence-corrected chi connectivity index (χ0v) is 15.1. The molecule has 0 bridgehead atoms. The lowest BCUT2D eigenvalue weighted by molar-refractivity contribution is -0.929. The SMILES string of the molecule is O=C([O-])CCCCCCCCCCC[N+](CCO)(CCO)CCO. The van der Waals surface area contributed by atoms with E-state index in [-0.39, 0.29) is 26.2 Å². The second-order valence-electron chi connectivity index (χ2n) is 6.71. The van der Waals surface area contributed by atoms with Gasteiger partial charge in [-0.25, -0.2) is 0 Å². The number of hydrogen-bond donors (Lipinski definition) is 3. The molecule has 0 heterocycles. The number of aliphatic hydroxyl groups excluding tert-OH is 3. The molecule has 6 nitrogen and oxygen atoms in total. The Morgan fingerprint density at radius 2 is 1.00 bits per heavy atom. The molecule has 0 aliphatic rings. The predicted octanol–water partition coefficient (Wildman–Crippen LogP) is 0.431. The van der Waals surface area contributed by atoms with Crippen molar-refractivity contribution in [1.29, 1.82) is 0 Å². The highest BCUT2D eigenvalue weighted by molar-refractivity contribution is 5.63. The molecule has 0 radical (unpaired) electrons. The number of hydrogen-bond acceptors (Lipinski definition) is 5. The van der Waals surface area contributed by atoms with Crippen LogP contribution < -0.4 is 5.11 Å². The minimum absolute atomic E-state index is 0.0813. The highest BCUT2D eigenvalue weighted by Crippen LogP contribution is 2.13. The van der Waals surface area contributed by atoms with Gasteiger partial charge in [-0.2, -0.15) is 0 Å². The molecule has 0 aliphatic carbocycles. The molecule has 144 valence electrons. The van der Waals surface area contributed by atoms with Crippen LogP contribution in [0.25, 0.3) is 0 Å². The first-order chi connectivity index (χ1) is 11.6. The molecule has 0 aromatic rings. The maximum Gasteiger partial charge on any atom is 0.102 e. The van der Waals surface area contributed by atoms with Gasteiger partial charge in [0.15, 0.2) is 0 Å². The van der Waals surface area contributed by atoms with Crippen LogP contribution in [-0.2, 0) is 4.79 Å². The Balaban J connectivity index is 3.65. The van der Waals surface area contributed by atoms with Crippen molar-refractivity contribution in [1.82, 2.24) is 0 Å². The number of aliphatic hydroxyl groups is 3. The highest BCUT2D eigenvalue weighted by atomic mass is 16.4. The van der Waals surface area contributed by atoms with Crippen molar-refractivity contribution in [3.63, 3.8) is 0 Å². The van der Waals surface area contributed by atoms with Gasteiger partial charge in [0, 0.05) is 5.97 Å². The summed E-state index contributed by atoms with van der Waals surface area (Å²) in [5, 5.41) is 38.0. The summed E-state index contributed by atoms with van der Waals surface area (Å²) in [6.45, 7) is 2.91. The Morgan fingerprint density at radius 3 is 1.38 bits per heavy atom. The van der Waals surface area contributed by atoms with E-state index in [1.54, 1.807) is 0 Å². The van der Waals surface area contributed by atoms with Crippen LogP contribution in [0, 0.1) is 0 Å². The van der Waals surface area contributed by atoms with Crippen LogP contribution in [0.2, 0.25) is 0 Å². The van der Waals surface area contributed by atoms with E-state index in [0.717, 1.165) is 45.1 Å². The molecule has 0 atom stereocenters. The summed E-state index contributed by atoms with van der Waals surface area (Å²) in [5.74, 6) is -0.951. The lowest BCUT2D eigenvalue weighted by Gasteiger charge is -2.37. The van der Waals surface area contributed by atoms with E-state index >= 15 is 0 Å². The normalized spacial score (nSPS) is 11.8. The maximum absolute atomic E-state index is 10.3. The van der Waals surface area contributed by atoms with Gasteiger partial charge in [-0.3, -0.25) is 0 Å². The summed E-state index contributed by atoms with van der Waals surface area (Å²) in [6.07, 6.45) is 9.87. The van der Waals surface area contributed by atoms with Gasteiger partial charge in [0.2, 0.25) is 0 Å². The van der Waals surface area contributed by atoms with E-state index in [4.69, 9.17) is 0 Å². The van der Waals surface area contributed by atoms with Gasteiger partial charge in [0.1, 0.15) is 19.6 Å². The summed E-state index contributed by atoms with van der Waals surface area (Å²) in [6, 6.07) is 0. The van der Waals surface area contributed by atoms with E-state index in [0.29, 0.717) is 24.1 Å². The van der Waals surface area contributed by atoms with E-state index in [9.17, 15) is 25.2 Å². The standard InChI is InChI=1S/C18H37NO5/c20-15-12-19(13-16-21,14-17-22)11-9-7-5-3-1-2-4-6-8-10-18(23)24/h20-22H,1-17H2. The molecule has 6 heteroatoms. The van der Waals surface area contributed by atoms with Crippen molar-refractivity contribution in [3.8, 4) is 0 Å². The number of aliphatic carboxylic acids is 1. The van der Waals surface area contributed by atoms with Crippen molar-refractivity contribution in [2.45, 2.75) is 64.2 Å². The van der Waals surface area contributed by atoms with Crippen LogP contribution >= 0.6 is 0 Å². The third-order valence-corrected chi connectivity index (χ3v) is 4.74. The number of carbonyl (C=O) groups is 1. The van der Waals surface area contributed by atoms with Gasteiger partial charge in [-0.15, -0.1) is 0 Å². The fourth-order valence-electron chi connectivity index (χ4n) is 3.26. The smallest absolute Gasteiger partial charge is 0.102 e. The van der Waals surface area contributed by atoms with E-state index < -0.39 is 5.97 Å². The Morgan fingerprint density at radius 1 is 0.625 bits per heavy atom. The van der Waals surface area contributed by atoms with Gasteiger partial charge < -0.3 is 29.7 Å². The molecular formula is C18H37NO5. The van der Waals surface area contributed by atoms with Crippen LogP contribution in [-0.4, -0.2) is 71.8 Å². The lowest BCUT2D eigenvalue weighted by atomic mass is 10.1. The number of rotatable bonds is 18. The minimum Gasteiger partial charge on any atom is -0.550 e. The first-order valence-corrected chi connectivity index (χ1v) is 9.48. The second kappa shape index (κ2) is 15.8. The van der Waals surface area contributed by atoms with Gasteiger partial charge >= 0.3 is 0 Å². The first-order valence-electron chi connectivity index (χ1n) is 9.48. The van der Waals surface area contributed by atoms with E-state index in [1.165, 1.54) is 19.3 Å². The molecule has 0 saturated heterocycles. The summed E-state index contributed by atoms with van der Waals surface area (Å²) in [7, 11) is 0. The summed E-state index contributed by atoms with van der Waals surface area (Å²) >= 11 is 0. The molecule has 24 heavy (non-hydrogen) atoms. The van der Waals surface area contributed by atoms with Gasteiger partial charge in [-0.05, 0) is 25.7 Å². The molecule has 0 aromatic heterocycles. The Bertz CT molecular complexity index is 282. The molecule has 0 rings (SSSR count). The quantitative estimate of drug-likeness (QED) is 0.247. The number of unbranched alkanes of at least 4 members (excludes halogenated alkanes) is 8. The maximum atomic E-state index is 10.3. The zero-order valence-electron chi connectivity index (χ0n) is 15.1. The topological polar surface area (TPSA) is 101 Å². The molecular weight excluding hydrogens is 310 g/mol. The average Bonchev–Trinajstić information content (AvgIpc) is 2.53. The molecule has 0 aliphatic heterocycles. The van der Waals surface area contributed by atoms with Crippen molar-refractivity contribution < 1.29 is 29.7 Å². The first kappa shape index (κ1) is 23.3. The largest absolute Gasteiger partial charge is 0.550 e. The number of quaternary nitrogens is 1. The predicted molar refractivity (Wildman–Crippen MR) is 92.2 cm³/mol. The van der Waals surface area contributed by atoms with Gasteiger partial charge in [0.05, 0.1) is 26.4 Å². The monoisotopic (exact) mass is 347 g/mol.